The second-order valence-electron chi connectivity index (χ2n) is 7.29. The summed E-state index contributed by atoms with van der Waals surface area (Å²) in [5, 5.41) is 22.9. The van der Waals surface area contributed by atoms with Gasteiger partial charge in [0, 0.05) is 11.6 Å². The van der Waals surface area contributed by atoms with Crippen molar-refractivity contribution in [1.29, 1.82) is 0 Å². The molecule has 3 aromatic carbocycles. The summed E-state index contributed by atoms with van der Waals surface area (Å²) in [5.41, 5.74) is 0.591. The molecule has 3 rings (SSSR count). The quantitative estimate of drug-likeness (QED) is 0.381. The minimum atomic E-state index is -4.76. The second-order valence-corrected chi connectivity index (χ2v) is 7.72. The number of carbonyl (C=O) groups is 1. The van der Waals surface area contributed by atoms with Gasteiger partial charge < -0.3 is 15.5 Å². The second kappa shape index (κ2) is 10.2. The molecular weight excluding hydrogens is 443 g/mol. The Morgan fingerprint density at radius 2 is 1.69 bits per heavy atom. The van der Waals surface area contributed by atoms with Gasteiger partial charge in [-0.2, -0.15) is 13.2 Å². The van der Waals surface area contributed by atoms with Gasteiger partial charge in [-0.25, -0.2) is 4.79 Å². The first-order chi connectivity index (χ1) is 15.1. The molecule has 1 atom stereocenters. The summed E-state index contributed by atoms with van der Waals surface area (Å²) in [4.78, 5) is 11.1. The summed E-state index contributed by atoms with van der Waals surface area (Å²) in [5.74, 6) is -1.62. The number of benzene rings is 3. The first-order valence-corrected chi connectivity index (χ1v) is 10.2. The van der Waals surface area contributed by atoms with E-state index in [0.717, 1.165) is 23.3 Å². The van der Waals surface area contributed by atoms with Crippen molar-refractivity contribution < 1.29 is 28.2 Å². The molecule has 0 saturated carbocycles. The number of rotatable bonds is 8. The topological polar surface area (TPSA) is 69.6 Å². The van der Waals surface area contributed by atoms with E-state index in [1.165, 1.54) is 6.07 Å². The lowest BCUT2D eigenvalue weighted by atomic mass is 9.97. The molecule has 0 bridgehead atoms. The van der Waals surface area contributed by atoms with E-state index in [9.17, 15) is 23.1 Å². The number of alkyl halides is 3. The number of hydrogen-bond donors (Lipinski definition) is 3. The Morgan fingerprint density at radius 1 is 1.00 bits per heavy atom. The van der Waals surface area contributed by atoms with Crippen LogP contribution in [-0.2, 0) is 12.6 Å². The van der Waals surface area contributed by atoms with Gasteiger partial charge in [0.2, 0.25) is 0 Å². The van der Waals surface area contributed by atoms with Crippen LogP contribution in [0.2, 0.25) is 5.02 Å². The molecule has 0 aromatic heterocycles. The van der Waals surface area contributed by atoms with Crippen molar-refractivity contribution in [1.82, 2.24) is 5.32 Å². The molecule has 4 nitrogen and oxygen atoms in total. The van der Waals surface area contributed by atoms with E-state index in [0.29, 0.717) is 30.1 Å². The fourth-order valence-corrected chi connectivity index (χ4v) is 3.51. The van der Waals surface area contributed by atoms with Gasteiger partial charge in [0.1, 0.15) is 0 Å². The smallest absolute Gasteiger partial charge is 0.417 e. The Hall–Kier alpha value is -2.87. The summed E-state index contributed by atoms with van der Waals surface area (Å²) in [6, 6.07) is 17.2. The maximum atomic E-state index is 13.2. The van der Waals surface area contributed by atoms with Crippen LogP contribution in [0, 0.1) is 0 Å². The van der Waals surface area contributed by atoms with Crippen molar-refractivity contribution in [2.45, 2.75) is 18.7 Å². The maximum absolute atomic E-state index is 13.2. The first kappa shape index (κ1) is 23.8. The standard InChI is InChI=1S/C24H21ClF3NO3/c25-19-3-1-2-18(12-19)22(30)14-29-11-10-15-4-6-16(7-5-15)17-8-9-20(23(31)32)21(13-17)24(26,27)28/h1-9,12-13,22,29-30H,10-11,14H2,(H,31,32)/t22-/m0/s1. The number of carboxylic acid groups (broad SMARTS) is 1. The predicted octanol–water partition coefficient (Wildman–Crippen LogP) is 5.59. The maximum Gasteiger partial charge on any atom is 0.417 e. The average molecular weight is 464 g/mol. The molecule has 0 aliphatic rings. The number of aromatic carboxylic acids is 1. The van der Waals surface area contributed by atoms with Crippen LogP contribution in [-0.4, -0.2) is 29.3 Å². The van der Waals surface area contributed by atoms with E-state index in [2.05, 4.69) is 5.32 Å². The molecule has 168 valence electrons. The van der Waals surface area contributed by atoms with Crippen LogP contribution >= 0.6 is 11.6 Å². The van der Waals surface area contributed by atoms with Crippen LogP contribution in [0.1, 0.15) is 33.2 Å². The van der Waals surface area contributed by atoms with E-state index in [-0.39, 0.29) is 5.56 Å². The third kappa shape index (κ3) is 6.09. The van der Waals surface area contributed by atoms with Crippen LogP contribution in [0.25, 0.3) is 11.1 Å². The molecule has 0 aliphatic carbocycles. The lowest BCUT2D eigenvalue weighted by Gasteiger charge is -2.13. The van der Waals surface area contributed by atoms with E-state index in [1.54, 1.807) is 36.4 Å². The Labute approximate surface area is 188 Å². The molecule has 0 radical (unpaired) electrons. The van der Waals surface area contributed by atoms with Crippen LogP contribution in [0.4, 0.5) is 13.2 Å². The van der Waals surface area contributed by atoms with E-state index < -0.39 is 29.4 Å². The van der Waals surface area contributed by atoms with Gasteiger partial charge in [-0.15, -0.1) is 0 Å². The Balaban J connectivity index is 1.60. The number of halogens is 4. The van der Waals surface area contributed by atoms with Crippen molar-refractivity contribution in [3.8, 4) is 11.1 Å². The molecule has 32 heavy (non-hydrogen) atoms. The number of hydrogen-bond acceptors (Lipinski definition) is 3. The third-order valence-electron chi connectivity index (χ3n) is 5.00. The zero-order chi connectivity index (χ0) is 23.3. The van der Waals surface area contributed by atoms with E-state index in [4.69, 9.17) is 16.7 Å². The summed E-state index contributed by atoms with van der Waals surface area (Å²) in [6.07, 6.45) is -4.79. The van der Waals surface area contributed by atoms with Crippen molar-refractivity contribution in [2.75, 3.05) is 13.1 Å². The summed E-state index contributed by atoms with van der Waals surface area (Å²) in [6.45, 7) is 0.955. The highest BCUT2D eigenvalue weighted by molar-refractivity contribution is 6.30. The van der Waals surface area contributed by atoms with Gasteiger partial charge in [-0.3, -0.25) is 0 Å². The van der Waals surface area contributed by atoms with Crippen LogP contribution in [0.15, 0.2) is 66.7 Å². The molecule has 0 fully saturated rings. The first-order valence-electron chi connectivity index (χ1n) is 9.83. The van der Waals surface area contributed by atoms with Crippen molar-refractivity contribution in [3.63, 3.8) is 0 Å². The Bertz CT molecular complexity index is 1080. The summed E-state index contributed by atoms with van der Waals surface area (Å²) < 4.78 is 39.7. The molecular formula is C24H21ClF3NO3. The number of carboxylic acids is 1. The molecule has 0 saturated heterocycles. The third-order valence-corrected chi connectivity index (χ3v) is 5.24. The lowest BCUT2D eigenvalue weighted by molar-refractivity contribution is -0.138. The molecule has 3 aromatic rings. The van der Waals surface area contributed by atoms with Crippen LogP contribution < -0.4 is 5.32 Å². The minimum Gasteiger partial charge on any atom is -0.478 e. The molecule has 3 N–H and O–H groups in total. The van der Waals surface area contributed by atoms with Crippen molar-refractivity contribution in [2.24, 2.45) is 0 Å². The highest BCUT2D eigenvalue weighted by Gasteiger charge is 2.35. The van der Waals surface area contributed by atoms with Gasteiger partial charge in [0.15, 0.2) is 0 Å². The zero-order valence-corrected chi connectivity index (χ0v) is 17.6. The fraction of sp³-hybridized carbons (Fsp3) is 0.208. The van der Waals surface area contributed by atoms with Gasteiger partial charge >= 0.3 is 12.1 Å². The highest BCUT2D eigenvalue weighted by Crippen LogP contribution is 2.35. The largest absolute Gasteiger partial charge is 0.478 e. The lowest BCUT2D eigenvalue weighted by Crippen LogP contribution is -2.23. The summed E-state index contributed by atoms with van der Waals surface area (Å²) in [7, 11) is 0. The number of aliphatic hydroxyl groups excluding tert-OH is 1. The van der Waals surface area contributed by atoms with Crippen LogP contribution in [0.5, 0.6) is 0 Å². The van der Waals surface area contributed by atoms with Gasteiger partial charge in [0.05, 0.1) is 17.2 Å². The average Bonchev–Trinajstić information content (AvgIpc) is 2.76. The van der Waals surface area contributed by atoms with Crippen LogP contribution in [0.3, 0.4) is 0 Å². The molecule has 8 heteroatoms. The normalized spacial score (nSPS) is 12.5. The zero-order valence-electron chi connectivity index (χ0n) is 16.9. The molecule has 0 spiro atoms. The highest BCUT2D eigenvalue weighted by atomic mass is 35.5. The SMILES string of the molecule is O=C(O)c1ccc(-c2ccc(CCNC[C@H](O)c3cccc(Cl)c3)cc2)cc1C(F)(F)F. The summed E-state index contributed by atoms with van der Waals surface area (Å²) >= 11 is 5.93. The number of aliphatic hydroxyl groups is 1. The van der Waals surface area contributed by atoms with Gasteiger partial charge in [-0.05, 0) is 59.5 Å². The predicted molar refractivity (Wildman–Crippen MR) is 117 cm³/mol. The van der Waals surface area contributed by atoms with Gasteiger partial charge in [0.25, 0.3) is 0 Å². The van der Waals surface area contributed by atoms with E-state index >= 15 is 0 Å². The Morgan fingerprint density at radius 3 is 2.31 bits per heavy atom. The molecule has 0 aliphatic heterocycles. The monoisotopic (exact) mass is 463 g/mol. The fourth-order valence-electron chi connectivity index (χ4n) is 3.31. The Kier molecular flexibility index (Phi) is 7.56. The van der Waals surface area contributed by atoms with Gasteiger partial charge in [-0.1, -0.05) is 54.1 Å². The van der Waals surface area contributed by atoms with E-state index in [1.807, 2.05) is 12.1 Å². The van der Waals surface area contributed by atoms with Crippen molar-refractivity contribution >= 4 is 17.6 Å². The molecule has 0 heterocycles. The minimum absolute atomic E-state index is 0.289. The molecule has 0 unspecified atom stereocenters. The molecule has 0 amide bonds. The number of nitrogens with one attached hydrogen (secondary N) is 1. The van der Waals surface area contributed by atoms with Crippen molar-refractivity contribution in [3.05, 3.63) is 94.0 Å².